The minimum Gasteiger partial charge on any atom is -0.495 e. The zero-order chi connectivity index (χ0) is 16.5. The molecule has 1 aromatic carbocycles. The molecule has 0 atom stereocenters. The number of nitrogens with one attached hydrogen (secondary N) is 1. The summed E-state index contributed by atoms with van der Waals surface area (Å²) in [6.45, 7) is 0.350. The summed E-state index contributed by atoms with van der Waals surface area (Å²) in [6.07, 6.45) is 0.527. The normalized spacial score (nSPS) is 17.7. The lowest BCUT2D eigenvalue weighted by Gasteiger charge is -2.21. The molecule has 1 heterocycles. The Morgan fingerprint density at radius 2 is 2.00 bits per heavy atom. The maximum absolute atomic E-state index is 12.1. The first kappa shape index (κ1) is 16.8. The van der Waals surface area contributed by atoms with Crippen LogP contribution < -0.4 is 13.8 Å². The summed E-state index contributed by atoms with van der Waals surface area (Å²) in [5, 5.41) is 0. The van der Waals surface area contributed by atoms with E-state index in [1.165, 1.54) is 43.7 Å². The van der Waals surface area contributed by atoms with E-state index in [1.54, 1.807) is 0 Å². The molecule has 1 aliphatic rings. The Morgan fingerprint density at radius 3 is 2.50 bits per heavy atom. The van der Waals surface area contributed by atoms with Crippen molar-refractivity contribution in [1.29, 1.82) is 0 Å². The second-order valence-electron chi connectivity index (χ2n) is 5.02. The van der Waals surface area contributed by atoms with Crippen molar-refractivity contribution < 1.29 is 21.6 Å². The molecular formula is C12H19N3O5S2. The quantitative estimate of drug-likeness (QED) is 0.833. The van der Waals surface area contributed by atoms with Gasteiger partial charge in [0.25, 0.3) is 0 Å². The molecule has 0 aromatic heterocycles. The van der Waals surface area contributed by atoms with Crippen molar-refractivity contribution in [2.75, 3.05) is 42.5 Å². The molecule has 1 saturated heterocycles. The first-order valence-electron chi connectivity index (χ1n) is 6.56. The fraction of sp³-hybridized carbons (Fsp3) is 0.500. The van der Waals surface area contributed by atoms with Crippen molar-refractivity contribution in [3.8, 4) is 5.75 Å². The van der Waals surface area contributed by atoms with Gasteiger partial charge in [-0.25, -0.2) is 8.42 Å². The van der Waals surface area contributed by atoms with Crippen LogP contribution in [0.1, 0.15) is 6.42 Å². The number of nitrogens with zero attached hydrogens (tertiary/aromatic N) is 2. The minimum absolute atomic E-state index is 0.0732. The largest absolute Gasteiger partial charge is 0.495 e. The average molecular weight is 349 g/mol. The van der Waals surface area contributed by atoms with Crippen LogP contribution in [0.5, 0.6) is 5.75 Å². The summed E-state index contributed by atoms with van der Waals surface area (Å²) in [4.78, 5) is 0. The van der Waals surface area contributed by atoms with Gasteiger partial charge >= 0.3 is 10.2 Å². The maximum atomic E-state index is 12.1. The van der Waals surface area contributed by atoms with E-state index in [4.69, 9.17) is 4.74 Å². The third-order valence-corrected chi connectivity index (χ3v) is 6.58. The van der Waals surface area contributed by atoms with Crippen molar-refractivity contribution >= 4 is 31.6 Å². The SMILES string of the molecule is COc1ccc(NS(=O)(=O)N(C)C)cc1N1CCCS1(=O)=O. The molecule has 1 fully saturated rings. The summed E-state index contributed by atoms with van der Waals surface area (Å²) in [5.41, 5.74) is 0.602. The fourth-order valence-electron chi connectivity index (χ4n) is 2.10. The van der Waals surface area contributed by atoms with Crippen molar-refractivity contribution in [3.05, 3.63) is 18.2 Å². The van der Waals surface area contributed by atoms with Crippen LogP contribution in [0.15, 0.2) is 18.2 Å². The molecule has 10 heteroatoms. The highest BCUT2D eigenvalue weighted by molar-refractivity contribution is 7.93. The Bertz CT molecular complexity index is 759. The molecule has 0 spiro atoms. The summed E-state index contributed by atoms with van der Waals surface area (Å²) >= 11 is 0. The fourth-order valence-corrected chi connectivity index (χ4v) is 4.27. The van der Waals surface area contributed by atoms with Gasteiger partial charge in [0, 0.05) is 20.6 Å². The second kappa shape index (κ2) is 5.94. The minimum atomic E-state index is -3.67. The van der Waals surface area contributed by atoms with Crippen molar-refractivity contribution in [2.24, 2.45) is 0 Å². The molecule has 1 N–H and O–H groups in total. The summed E-state index contributed by atoms with van der Waals surface area (Å²) < 4.78 is 57.7. The van der Waals surface area contributed by atoms with Gasteiger partial charge in [-0.15, -0.1) is 0 Å². The van der Waals surface area contributed by atoms with Crippen LogP contribution in [0, 0.1) is 0 Å². The van der Waals surface area contributed by atoms with Crippen LogP contribution in [0.3, 0.4) is 0 Å². The topological polar surface area (TPSA) is 96.0 Å². The predicted octanol–water partition coefficient (Wildman–Crippen LogP) is 0.453. The third kappa shape index (κ3) is 3.28. The first-order valence-corrected chi connectivity index (χ1v) is 9.61. The van der Waals surface area contributed by atoms with Crippen molar-refractivity contribution in [1.82, 2.24) is 4.31 Å². The summed E-state index contributed by atoms with van der Waals surface area (Å²) in [7, 11) is -2.81. The zero-order valence-corrected chi connectivity index (χ0v) is 14.2. The number of methoxy groups -OCH3 is 1. The zero-order valence-electron chi connectivity index (χ0n) is 12.6. The number of rotatable bonds is 5. The molecule has 124 valence electrons. The standard InChI is InChI=1S/C12H19N3O5S2/c1-14(2)22(18,19)13-10-5-6-12(20-3)11(9-10)15-7-4-8-21(15,16)17/h5-6,9,13H,4,7-8H2,1-3H3. The lowest BCUT2D eigenvalue weighted by atomic mass is 10.2. The molecule has 0 bridgehead atoms. The van der Waals surface area contributed by atoms with Gasteiger partial charge in [-0.05, 0) is 24.6 Å². The van der Waals surface area contributed by atoms with E-state index in [0.29, 0.717) is 24.4 Å². The third-order valence-electron chi connectivity index (χ3n) is 3.27. The van der Waals surface area contributed by atoms with Gasteiger partial charge in [0.05, 0.1) is 24.2 Å². The van der Waals surface area contributed by atoms with Gasteiger partial charge in [0.2, 0.25) is 10.0 Å². The van der Waals surface area contributed by atoms with E-state index in [1.807, 2.05) is 0 Å². The Labute approximate surface area is 130 Å². The van der Waals surface area contributed by atoms with E-state index in [0.717, 1.165) is 4.31 Å². The highest BCUT2D eigenvalue weighted by atomic mass is 32.2. The van der Waals surface area contributed by atoms with Crippen LogP contribution in [0.4, 0.5) is 11.4 Å². The molecule has 1 aliphatic heterocycles. The van der Waals surface area contributed by atoms with E-state index >= 15 is 0 Å². The van der Waals surface area contributed by atoms with Crippen LogP contribution >= 0.6 is 0 Å². The van der Waals surface area contributed by atoms with Gasteiger partial charge < -0.3 is 4.74 Å². The number of hydrogen-bond donors (Lipinski definition) is 1. The molecule has 0 saturated carbocycles. The molecule has 0 radical (unpaired) electrons. The highest BCUT2D eigenvalue weighted by Gasteiger charge is 2.31. The second-order valence-corrected chi connectivity index (χ2v) is 8.92. The lowest BCUT2D eigenvalue weighted by Crippen LogP contribution is -2.29. The van der Waals surface area contributed by atoms with Crippen LogP contribution in [0.2, 0.25) is 0 Å². The van der Waals surface area contributed by atoms with E-state index in [-0.39, 0.29) is 11.4 Å². The molecule has 2 rings (SSSR count). The number of anilines is 2. The number of hydrogen-bond acceptors (Lipinski definition) is 5. The van der Waals surface area contributed by atoms with Crippen LogP contribution in [0.25, 0.3) is 0 Å². The molecular weight excluding hydrogens is 330 g/mol. The molecule has 22 heavy (non-hydrogen) atoms. The number of sulfonamides is 1. The Kier molecular flexibility index (Phi) is 4.54. The highest BCUT2D eigenvalue weighted by Crippen LogP contribution is 2.35. The van der Waals surface area contributed by atoms with E-state index < -0.39 is 20.2 Å². The van der Waals surface area contributed by atoms with Gasteiger partial charge in [0.15, 0.2) is 0 Å². The molecule has 0 unspecified atom stereocenters. The van der Waals surface area contributed by atoms with Gasteiger partial charge in [-0.3, -0.25) is 9.03 Å². The molecule has 8 nitrogen and oxygen atoms in total. The van der Waals surface area contributed by atoms with Gasteiger partial charge in [-0.1, -0.05) is 0 Å². The van der Waals surface area contributed by atoms with Crippen molar-refractivity contribution in [2.45, 2.75) is 6.42 Å². The Hall–Kier alpha value is -1.52. The van der Waals surface area contributed by atoms with Gasteiger partial charge in [0.1, 0.15) is 5.75 Å². The molecule has 0 amide bonds. The van der Waals surface area contributed by atoms with Crippen molar-refractivity contribution in [3.63, 3.8) is 0 Å². The summed E-state index contributed by atoms with van der Waals surface area (Å²) in [6, 6.07) is 4.52. The number of benzene rings is 1. The lowest BCUT2D eigenvalue weighted by molar-refractivity contribution is 0.415. The monoisotopic (exact) mass is 349 g/mol. The number of ether oxygens (including phenoxy) is 1. The van der Waals surface area contributed by atoms with E-state index in [2.05, 4.69) is 4.72 Å². The van der Waals surface area contributed by atoms with Crippen LogP contribution in [-0.2, 0) is 20.2 Å². The van der Waals surface area contributed by atoms with Crippen LogP contribution in [-0.4, -0.2) is 54.6 Å². The Balaban J connectivity index is 2.44. The molecule has 0 aliphatic carbocycles. The van der Waals surface area contributed by atoms with Gasteiger partial charge in [-0.2, -0.15) is 12.7 Å². The average Bonchev–Trinajstić information content (AvgIpc) is 2.77. The molecule has 1 aromatic rings. The first-order chi connectivity index (χ1) is 10.2. The summed E-state index contributed by atoms with van der Waals surface area (Å²) in [5.74, 6) is 0.447. The maximum Gasteiger partial charge on any atom is 0.301 e. The predicted molar refractivity (Wildman–Crippen MR) is 85.0 cm³/mol. The Morgan fingerprint density at radius 1 is 1.32 bits per heavy atom. The van der Waals surface area contributed by atoms with E-state index in [9.17, 15) is 16.8 Å². The smallest absolute Gasteiger partial charge is 0.301 e.